The van der Waals surface area contributed by atoms with E-state index < -0.39 is 0 Å². The van der Waals surface area contributed by atoms with Gasteiger partial charge in [0.25, 0.3) is 0 Å². The summed E-state index contributed by atoms with van der Waals surface area (Å²) in [6, 6.07) is 8.80. The van der Waals surface area contributed by atoms with Gasteiger partial charge in [0.15, 0.2) is 0 Å². The molecule has 1 aromatic carbocycles. The highest BCUT2D eigenvalue weighted by Gasteiger charge is 2.43. The molecule has 3 heterocycles. The van der Waals surface area contributed by atoms with Crippen LogP contribution in [0.4, 0.5) is 4.39 Å². The van der Waals surface area contributed by atoms with E-state index in [1.54, 1.807) is 24.5 Å². The average Bonchev–Trinajstić information content (AvgIpc) is 2.93. The second kappa shape index (κ2) is 7.85. The SMILES string of the molecule is O=C(CCc1c(F)cccc1Cl)N1C2CCC1CC(Oc1cccnc1)C2. The van der Waals surface area contributed by atoms with Crippen LogP contribution >= 0.6 is 11.6 Å². The summed E-state index contributed by atoms with van der Waals surface area (Å²) in [4.78, 5) is 18.9. The van der Waals surface area contributed by atoms with Crippen LogP contribution in [0.3, 0.4) is 0 Å². The molecule has 2 fully saturated rings. The molecule has 2 aromatic rings. The lowest BCUT2D eigenvalue weighted by molar-refractivity contribution is -0.137. The summed E-state index contributed by atoms with van der Waals surface area (Å²) in [5.74, 6) is 0.513. The number of hydrogen-bond acceptors (Lipinski definition) is 3. The first-order valence-corrected chi connectivity index (χ1v) is 9.80. The molecule has 1 aromatic heterocycles. The quantitative estimate of drug-likeness (QED) is 0.762. The zero-order chi connectivity index (χ0) is 18.8. The van der Waals surface area contributed by atoms with Gasteiger partial charge in [0.05, 0.1) is 6.20 Å². The normalized spacial score (nSPS) is 24.1. The molecule has 2 bridgehead atoms. The topological polar surface area (TPSA) is 42.4 Å². The van der Waals surface area contributed by atoms with Crippen molar-refractivity contribution in [3.63, 3.8) is 0 Å². The number of aromatic nitrogens is 1. The van der Waals surface area contributed by atoms with E-state index in [1.807, 2.05) is 17.0 Å². The van der Waals surface area contributed by atoms with E-state index in [2.05, 4.69) is 4.98 Å². The van der Waals surface area contributed by atoms with Crippen LogP contribution in [0.5, 0.6) is 5.75 Å². The van der Waals surface area contributed by atoms with E-state index in [0.29, 0.717) is 17.0 Å². The molecule has 4 rings (SSSR count). The van der Waals surface area contributed by atoms with Gasteiger partial charge in [-0.05, 0) is 43.5 Å². The maximum Gasteiger partial charge on any atom is 0.223 e. The van der Waals surface area contributed by atoms with Crippen LogP contribution in [0, 0.1) is 5.82 Å². The lowest BCUT2D eigenvalue weighted by atomic mass is 9.98. The van der Waals surface area contributed by atoms with Crippen molar-refractivity contribution < 1.29 is 13.9 Å². The minimum absolute atomic E-state index is 0.0849. The van der Waals surface area contributed by atoms with Crippen LogP contribution in [0.1, 0.15) is 37.7 Å². The molecular formula is C21H22ClFN2O2. The smallest absolute Gasteiger partial charge is 0.223 e. The monoisotopic (exact) mass is 388 g/mol. The fourth-order valence-corrected chi connectivity index (χ4v) is 4.63. The summed E-state index contributed by atoms with van der Waals surface area (Å²) in [5, 5.41) is 0.384. The Morgan fingerprint density at radius 1 is 1.22 bits per heavy atom. The van der Waals surface area contributed by atoms with E-state index in [0.717, 1.165) is 31.4 Å². The predicted molar refractivity (Wildman–Crippen MR) is 101 cm³/mol. The number of carbonyl (C=O) groups excluding carboxylic acids is 1. The summed E-state index contributed by atoms with van der Waals surface area (Å²) >= 11 is 6.08. The van der Waals surface area contributed by atoms with Crippen molar-refractivity contribution in [3.8, 4) is 5.75 Å². The second-order valence-corrected chi connectivity index (χ2v) is 7.69. The number of hydrogen-bond donors (Lipinski definition) is 0. The number of rotatable bonds is 5. The summed E-state index contributed by atoms with van der Waals surface area (Å²) < 4.78 is 20.0. The highest BCUT2D eigenvalue weighted by molar-refractivity contribution is 6.31. The van der Waals surface area contributed by atoms with Gasteiger partial charge in [-0.1, -0.05) is 17.7 Å². The lowest BCUT2D eigenvalue weighted by Crippen LogP contribution is -2.49. The highest BCUT2D eigenvalue weighted by atomic mass is 35.5. The molecule has 0 saturated carbocycles. The van der Waals surface area contributed by atoms with Gasteiger partial charge in [-0.2, -0.15) is 0 Å². The summed E-state index contributed by atoms with van der Waals surface area (Å²) in [6.07, 6.45) is 7.83. The van der Waals surface area contributed by atoms with Gasteiger partial charge in [-0.25, -0.2) is 4.39 Å². The van der Waals surface area contributed by atoms with Crippen LogP contribution in [0.25, 0.3) is 0 Å². The Bertz CT molecular complexity index is 783. The number of fused-ring (bicyclic) bond motifs is 2. The van der Waals surface area contributed by atoms with Gasteiger partial charge < -0.3 is 9.64 Å². The molecule has 6 heteroatoms. The molecule has 2 unspecified atom stereocenters. The van der Waals surface area contributed by atoms with E-state index in [-0.39, 0.29) is 36.3 Å². The second-order valence-electron chi connectivity index (χ2n) is 7.29. The first-order valence-electron chi connectivity index (χ1n) is 9.42. The van der Waals surface area contributed by atoms with Crippen LogP contribution in [-0.4, -0.2) is 34.0 Å². The minimum Gasteiger partial charge on any atom is -0.489 e. The van der Waals surface area contributed by atoms with Gasteiger partial charge in [0.2, 0.25) is 5.91 Å². The molecule has 0 aliphatic carbocycles. The Kier molecular flexibility index (Phi) is 5.30. The molecule has 142 valence electrons. The third-order valence-corrected chi connectivity index (χ3v) is 5.92. The molecule has 2 atom stereocenters. The Morgan fingerprint density at radius 3 is 2.67 bits per heavy atom. The van der Waals surface area contributed by atoms with Gasteiger partial charge in [0, 0.05) is 48.1 Å². The largest absolute Gasteiger partial charge is 0.489 e. The van der Waals surface area contributed by atoms with Crippen molar-refractivity contribution in [2.75, 3.05) is 0 Å². The molecule has 0 spiro atoms. The first-order chi connectivity index (χ1) is 13.1. The molecule has 2 aliphatic rings. The number of benzene rings is 1. The van der Waals surface area contributed by atoms with Crippen LogP contribution in [-0.2, 0) is 11.2 Å². The fraction of sp³-hybridized carbons (Fsp3) is 0.429. The average molecular weight is 389 g/mol. The summed E-state index contributed by atoms with van der Waals surface area (Å²) in [5.41, 5.74) is 0.426. The molecular weight excluding hydrogens is 367 g/mol. The van der Waals surface area contributed by atoms with Gasteiger partial charge in [0.1, 0.15) is 17.7 Å². The lowest BCUT2D eigenvalue weighted by Gasteiger charge is -2.39. The number of carbonyl (C=O) groups is 1. The van der Waals surface area contributed by atoms with Crippen LogP contribution in [0.15, 0.2) is 42.7 Å². The van der Waals surface area contributed by atoms with E-state index >= 15 is 0 Å². The summed E-state index contributed by atoms with van der Waals surface area (Å²) in [7, 11) is 0. The highest BCUT2D eigenvalue weighted by Crippen LogP contribution is 2.38. The standard InChI is InChI=1S/C21H22ClFN2O2/c22-19-4-1-5-20(23)18(19)8-9-21(26)25-14-6-7-15(25)12-17(11-14)27-16-3-2-10-24-13-16/h1-5,10,13-15,17H,6-9,11-12H2. The molecule has 4 nitrogen and oxygen atoms in total. The van der Waals surface area contributed by atoms with Crippen molar-refractivity contribution in [1.29, 1.82) is 0 Å². The maximum absolute atomic E-state index is 13.9. The van der Waals surface area contributed by atoms with Crippen molar-refractivity contribution in [2.24, 2.45) is 0 Å². The zero-order valence-electron chi connectivity index (χ0n) is 15.0. The van der Waals surface area contributed by atoms with E-state index in [9.17, 15) is 9.18 Å². The molecule has 2 saturated heterocycles. The fourth-order valence-electron chi connectivity index (χ4n) is 4.37. The van der Waals surface area contributed by atoms with Crippen molar-refractivity contribution in [2.45, 2.75) is 56.7 Å². The molecule has 27 heavy (non-hydrogen) atoms. The predicted octanol–water partition coefficient (Wildman–Crippen LogP) is 4.41. The minimum atomic E-state index is -0.346. The van der Waals surface area contributed by atoms with E-state index in [4.69, 9.17) is 16.3 Å². The third-order valence-electron chi connectivity index (χ3n) is 5.57. The Hall–Kier alpha value is -2.14. The Balaban J connectivity index is 1.37. The molecule has 2 aliphatic heterocycles. The van der Waals surface area contributed by atoms with Crippen molar-refractivity contribution in [3.05, 3.63) is 59.1 Å². The van der Waals surface area contributed by atoms with E-state index in [1.165, 1.54) is 6.07 Å². The van der Waals surface area contributed by atoms with Crippen molar-refractivity contribution in [1.82, 2.24) is 9.88 Å². The number of pyridine rings is 1. The number of piperidine rings is 1. The van der Waals surface area contributed by atoms with Gasteiger partial charge in [-0.3, -0.25) is 9.78 Å². The maximum atomic E-state index is 13.9. The zero-order valence-corrected chi connectivity index (χ0v) is 15.7. The first kappa shape index (κ1) is 18.2. The number of amides is 1. The van der Waals surface area contributed by atoms with Crippen LogP contribution in [0.2, 0.25) is 5.02 Å². The van der Waals surface area contributed by atoms with Crippen LogP contribution < -0.4 is 4.74 Å². The van der Waals surface area contributed by atoms with Crippen molar-refractivity contribution >= 4 is 17.5 Å². The number of ether oxygens (including phenoxy) is 1. The Labute approximate surface area is 163 Å². The third kappa shape index (κ3) is 3.93. The Morgan fingerprint density at radius 2 is 2.00 bits per heavy atom. The molecule has 0 N–H and O–H groups in total. The summed E-state index contributed by atoms with van der Waals surface area (Å²) in [6.45, 7) is 0. The molecule has 1 amide bonds. The number of nitrogens with zero attached hydrogens (tertiary/aromatic N) is 2. The van der Waals surface area contributed by atoms with Gasteiger partial charge >= 0.3 is 0 Å². The van der Waals surface area contributed by atoms with Gasteiger partial charge in [-0.15, -0.1) is 0 Å². The molecule has 0 radical (unpaired) electrons. The number of halogens is 2.